The molecule has 0 unspecified atom stereocenters. The molecule has 0 spiro atoms. The smallest absolute Gasteiger partial charge is 0.264 e. The third-order valence-electron chi connectivity index (χ3n) is 16.3. The number of unbranched alkanes of at least 4 members (excludes halogenated alkanes) is 2. The molecule has 9 heteroatoms. The van der Waals surface area contributed by atoms with Gasteiger partial charge in [0.2, 0.25) is 0 Å². The van der Waals surface area contributed by atoms with Gasteiger partial charge in [0.25, 0.3) is 13.4 Å². The maximum atomic E-state index is 2.66. The molecule has 0 saturated heterocycles. The summed E-state index contributed by atoms with van der Waals surface area (Å²) in [6.45, 7) is 4.63. The summed E-state index contributed by atoms with van der Waals surface area (Å²) in [5, 5.41) is 0. The Morgan fingerprint density at radius 3 is 1.40 bits per heavy atom. The molecule has 360 valence electrons. The van der Waals surface area contributed by atoms with Gasteiger partial charge in [0, 0.05) is 62.2 Å². The van der Waals surface area contributed by atoms with E-state index in [0.717, 1.165) is 12.8 Å². The predicted octanol–water partition coefficient (Wildman–Crippen LogP) is 15.5. The number of hydrogen-bond acceptors (Lipinski definition) is 5. The Morgan fingerprint density at radius 2 is 0.840 bits per heavy atom. The van der Waals surface area contributed by atoms with E-state index in [4.69, 9.17) is 0 Å². The molecule has 15 rings (SSSR count). The Hall–Kier alpha value is -6.53. The molecule has 0 N–H and O–H groups in total. The average Bonchev–Trinajstić information content (AvgIpc) is 3.86. The Balaban J connectivity index is 1.01. The molecular formula is C66H50B2I2N4S. The van der Waals surface area contributed by atoms with Gasteiger partial charge in [-0.25, -0.2) is 0 Å². The highest BCUT2D eigenvalue weighted by Gasteiger charge is 2.54. The van der Waals surface area contributed by atoms with Gasteiger partial charge in [-0.3, -0.25) is 0 Å². The van der Waals surface area contributed by atoms with Crippen LogP contribution >= 0.6 is 56.5 Å². The monoisotopic (exact) mass is 1210 g/mol. The number of benzene rings is 9. The first-order valence-electron chi connectivity index (χ1n) is 26.6. The van der Waals surface area contributed by atoms with E-state index >= 15 is 0 Å². The largest absolute Gasteiger partial charge is 0.311 e. The van der Waals surface area contributed by atoms with Crippen molar-refractivity contribution in [2.24, 2.45) is 0 Å². The predicted molar refractivity (Wildman–Crippen MR) is 339 cm³/mol. The van der Waals surface area contributed by atoms with Crippen molar-refractivity contribution >= 4 is 170 Å². The molecule has 9 aromatic carbocycles. The zero-order chi connectivity index (χ0) is 50.1. The van der Waals surface area contributed by atoms with Crippen LogP contribution in [-0.2, 0) is 12.8 Å². The van der Waals surface area contributed by atoms with Gasteiger partial charge in [-0.1, -0.05) is 142 Å². The van der Waals surface area contributed by atoms with E-state index in [-0.39, 0.29) is 13.4 Å². The molecule has 0 atom stereocenters. The van der Waals surface area contributed by atoms with E-state index in [1.54, 1.807) is 0 Å². The molecule has 0 fully saturated rings. The summed E-state index contributed by atoms with van der Waals surface area (Å²) in [4.78, 5) is 10.5. The van der Waals surface area contributed by atoms with Gasteiger partial charge in [0.15, 0.2) is 0 Å². The number of nitrogens with zero attached hydrogens (tertiary/aromatic N) is 4. The molecule has 0 radical (unpaired) electrons. The van der Waals surface area contributed by atoms with E-state index in [0.29, 0.717) is 0 Å². The van der Waals surface area contributed by atoms with E-state index in [9.17, 15) is 0 Å². The molecule has 75 heavy (non-hydrogen) atoms. The first-order chi connectivity index (χ1) is 36.9. The number of para-hydroxylation sites is 2. The number of halogens is 2. The number of fused-ring (bicyclic) bond motifs is 11. The van der Waals surface area contributed by atoms with Crippen LogP contribution in [0.25, 0.3) is 22.3 Å². The normalized spacial score (nSPS) is 13.8. The van der Waals surface area contributed by atoms with Crippen LogP contribution in [0.3, 0.4) is 0 Å². The first kappa shape index (κ1) is 45.8. The summed E-state index contributed by atoms with van der Waals surface area (Å²) < 4.78 is 5.28. The fourth-order valence-corrected chi connectivity index (χ4v) is 16.6. The topological polar surface area (TPSA) is 13.0 Å². The number of hydrogen-bond donors (Lipinski definition) is 0. The summed E-state index contributed by atoms with van der Waals surface area (Å²) in [6.07, 6.45) is 6.87. The molecule has 0 bridgehead atoms. The number of aryl methyl sites for hydroxylation is 2. The lowest BCUT2D eigenvalue weighted by Crippen LogP contribution is -2.61. The van der Waals surface area contributed by atoms with E-state index in [2.05, 4.69) is 284 Å². The minimum atomic E-state index is -0.00284. The fourth-order valence-electron chi connectivity index (χ4n) is 13.2. The van der Waals surface area contributed by atoms with Crippen molar-refractivity contribution in [1.82, 2.24) is 0 Å². The highest BCUT2D eigenvalue weighted by molar-refractivity contribution is 14.1. The number of rotatable bonds is 10. The Morgan fingerprint density at radius 1 is 0.373 bits per heavy atom. The van der Waals surface area contributed by atoms with Crippen molar-refractivity contribution in [2.45, 2.75) is 52.4 Å². The van der Waals surface area contributed by atoms with Crippen LogP contribution in [0.1, 0.15) is 50.7 Å². The average molecular weight is 1210 g/mol. The highest BCUT2D eigenvalue weighted by Crippen LogP contribution is 2.58. The molecular weight excluding hydrogens is 1160 g/mol. The maximum absolute atomic E-state index is 2.66. The molecule has 5 aliphatic rings. The minimum absolute atomic E-state index is 0.00284. The lowest BCUT2D eigenvalue weighted by molar-refractivity contribution is 0.780. The Bertz CT molecular complexity index is 3920. The molecule has 0 saturated carbocycles. The van der Waals surface area contributed by atoms with Gasteiger partial charge in [-0.2, -0.15) is 11.3 Å². The fraction of sp³-hybridized carbons (Fsp3) is 0.121. The van der Waals surface area contributed by atoms with E-state index < -0.39 is 0 Å². The third-order valence-corrected chi connectivity index (χ3v) is 18.9. The molecule has 0 aliphatic carbocycles. The van der Waals surface area contributed by atoms with Crippen LogP contribution in [-0.4, -0.2) is 13.4 Å². The van der Waals surface area contributed by atoms with Crippen molar-refractivity contribution in [3.63, 3.8) is 0 Å². The van der Waals surface area contributed by atoms with Crippen LogP contribution < -0.4 is 51.0 Å². The second kappa shape index (κ2) is 18.1. The lowest BCUT2D eigenvalue weighted by atomic mass is 9.35. The van der Waals surface area contributed by atoms with Gasteiger partial charge in [-0.15, -0.1) is 0 Å². The van der Waals surface area contributed by atoms with Crippen molar-refractivity contribution in [3.05, 3.63) is 212 Å². The standard InChI is InChI=1S/C66H50B2I2N4S/c1-3-5-17-41-33-42(18-6-4-2)35-49(34-41)72-57-26-16-27-58-61(57)67(51-31-29-46(37-60(51)72)44-21-11-8-12-22-44)65-63-64-66(75-65)68-52-36-45(43-19-9-7-10-20-43)30-32-53(52)71(50-39-47(69)38-48(70)40-50)56-25-15-28-59(62(56)68)74(64)55-24-14-13-23-54(55)73(58)63/h7-16,19-40H,3-6,17-18H2,1-2H3. The number of thiophene rings is 1. The van der Waals surface area contributed by atoms with Crippen LogP contribution in [0, 0.1) is 7.14 Å². The summed E-state index contributed by atoms with van der Waals surface area (Å²) in [5.74, 6) is 0. The molecule has 4 nitrogen and oxygen atoms in total. The van der Waals surface area contributed by atoms with E-state index in [1.807, 2.05) is 0 Å². The SMILES string of the molecule is CCCCc1cc(CCCC)cc(N2c3cc(-c4ccccc4)ccc3B3c4sc5c6c4N(c4ccccc4N6c4cccc6c4B5c4cc(-c5ccccc5)ccc4N6c4cc(I)cc(I)c4)c4cccc2c43)c1. The van der Waals surface area contributed by atoms with Gasteiger partial charge in [0.05, 0.1) is 22.7 Å². The van der Waals surface area contributed by atoms with E-state index in [1.165, 1.54) is 166 Å². The molecule has 6 heterocycles. The summed E-state index contributed by atoms with van der Waals surface area (Å²) in [5.41, 5.74) is 28.3. The Kier molecular flexibility index (Phi) is 11.0. The quantitative estimate of drug-likeness (QED) is 0.0999. The summed E-state index contributed by atoms with van der Waals surface area (Å²) >= 11 is 7.05. The van der Waals surface area contributed by atoms with Gasteiger partial charge < -0.3 is 19.6 Å². The van der Waals surface area contributed by atoms with Crippen molar-refractivity contribution in [2.75, 3.05) is 19.6 Å². The van der Waals surface area contributed by atoms with Crippen molar-refractivity contribution in [1.29, 1.82) is 0 Å². The molecule has 10 aromatic rings. The van der Waals surface area contributed by atoms with Crippen LogP contribution in [0.2, 0.25) is 0 Å². The highest BCUT2D eigenvalue weighted by atomic mass is 127. The summed E-state index contributed by atoms with van der Waals surface area (Å²) in [6, 6.07) is 74.4. The van der Waals surface area contributed by atoms with Crippen molar-refractivity contribution < 1.29 is 0 Å². The zero-order valence-corrected chi connectivity index (χ0v) is 47.0. The molecule has 5 aliphatic heterocycles. The summed E-state index contributed by atoms with van der Waals surface area (Å²) in [7, 11) is 0. The van der Waals surface area contributed by atoms with Gasteiger partial charge in [-0.05, 0) is 205 Å². The van der Waals surface area contributed by atoms with Crippen LogP contribution in [0.15, 0.2) is 194 Å². The minimum Gasteiger partial charge on any atom is -0.311 e. The second-order valence-electron chi connectivity index (χ2n) is 20.8. The lowest BCUT2D eigenvalue weighted by Gasteiger charge is -2.49. The van der Waals surface area contributed by atoms with Gasteiger partial charge in [0.1, 0.15) is 0 Å². The Labute approximate surface area is 472 Å². The van der Waals surface area contributed by atoms with Gasteiger partial charge >= 0.3 is 0 Å². The second-order valence-corrected chi connectivity index (χ2v) is 24.3. The molecule has 1 aromatic heterocycles. The van der Waals surface area contributed by atoms with Crippen molar-refractivity contribution in [3.8, 4) is 22.3 Å². The van der Waals surface area contributed by atoms with Crippen LogP contribution in [0.4, 0.5) is 68.2 Å². The maximum Gasteiger partial charge on any atom is 0.264 e. The molecule has 0 amide bonds. The third kappa shape index (κ3) is 7.05. The van der Waals surface area contributed by atoms with Crippen LogP contribution in [0.5, 0.6) is 0 Å². The zero-order valence-electron chi connectivity index (χ0n) is 41.8. The number of anilines is 12. The first-order valence-corrected chi connectivity index (χ1v) is 29.6.